The quantitative estimate of drug-likeness (QED) is 0.476. The van der Waals surface area contributed by atoms with Gasteiger partial charge < -0.3 is 14.8 Å². The fourth-order valence-corrected chi connectivity index (χ4v) is 3.23. The number of nitrogens with one attached hydrogen (secondary N) is 2. The second kappa shape index (κ2) is 8.73. The number of hydrogen-bond donors (Lipinski definition) is 3. The summed E-state index contributed by atoms with van der Waals surface area (Å²) in [6.45, 7) is 8.25. The maximum absolute atomic E-state index is 12.6. The summed E-state index contributed by atoms with van der Waals surface area (Å²) >= 11 is 5.33. The molecule has 1 aromatic heterocycles. The Morgan fingerprint density at radius 2 is 1.68 bits per heavy atom. The normalized spacial score (nSPS) is 11.1. The molecule has 0 fully saturated rings. The van der Waals surface area contributed by atoms with Crippen LogP contribution >= 0.6 is 12.2 Å². The van der Waals surface area contributed by atoms with Gasteiger partial charge in [0.15, 0.2) is 5.11 Å². The summed E-state index contributed by atoms with van der Waals surface area (Å²) in [6, 6.07) is 15.9. The van der Waals surface area contributed by atoms with Gasteiger partial charge in [0.1, 0.15) is 5.76 Å². The van der Waals surface area contributed by atoms with Crippen molar-refractivity contribution in [2.45, 2.75) is 33.1 Å². The number of carbonyl (C=O) groups is 2. The van der Waals surface area contributed by atoms with Crippen LogP contribution in [0.15, 0.2) is 59.0 Å². The van der Waals surface area contributed by atoms with Crippen molar-refractivity contribution in [1.29, 1.82) is 0 Å². The number of rotatable bonds is 4. The molecule has 0 atom stereocenters. The molecule has 7 heteroatoms. The van der Waals surface area contributed by atoms with Gasteiger partial charge >= 0.3 is 5.97 Å². The number of benzene rings is 2. The van der Waals surface area contributed by atoms with E-state index in [4.69, 9.17) is 21.7 Å². The second-order valence-corrected chi connectivity index (χ2v) is 8.66. The van der Waals surface area contributed by atoms with E-state index in [-0.39, 0.29) is 22.2 Å². The van der Waals surface area contributed by atoms with Gasteiger partial charge in [-0.05, 0) is 72.1 Å². The van der Waals surface area contributed by atoms with Gasteiger partial charge in [0.2, 0.25) is 5.76 Å². The van der Waals surface area contributed by atoms with E-state index in [9.17, 15) is 9.59 Å². The fraction of sp³-hybridized carbons (Fsp3) is 0.208. The molecule has 1 amide bonds. The zero-order valence-electron chi connectivity index (χ0n) is 17.8. The largest absolute Gasteiger partial charge is 0.475 e. The molecule has 1 heterocycles. The van der Waals surface area contributed by atoms with Crippen LogP contribution in [0.5, 0.6) is 0 Å². The second-order valence-electron chi connectivity index (χ2n) is 8.25. The Morgan fingerprint density at radius 3 is 2.26 bits per heavy atom. The molecule has 0 aliphatic rings. The van der Waals surface area contributed by atoms with Gasteiger partial charge in [0, 0.05) is 11.1 Å². The van der Waals surface area contributed by atoms with E-state index in [1.54, 1.807) is 24.3 Å². The van der Waals surface area contributed by atoms with Crippen molar-refractivity contribution < 1.29 is 19.1 Å². The summed E-state index contributed by atoms with van der Waals surface area (Å²) in [7, 11) is 0. The van der Waals surface area contributed by atoms with Crippen LogP contribution in [0.3, 0.4) is 0 Å². The summed E-state index contributed by atoms with van der Waals surface area (Å²) in [5, 5.41) is 14.9. The Morgan fingerprint density at radius 1 is 1.00 bits per heavy atom. The van der Waals surface area contributed by atoms with Crippen LogP contribution in [0.1, 0.15) is 52.8 Å². The summed E-state index contributed by atoms with van der Waals surface area (Å²) in [5.41, 5.74) is 3.82. The zero-order chi connectivity index (χ0) is 22.8. The minimum Gasteiger partial charge on any atom is -0.475 e. The van der Waals surface area contributed by atoms with Crippen molar-refractivity contribution in [1.82, 2.24) is 5.32 Å². The Balaban J connectivity index is 1.76. The van der Waals surface area contributed by atoms with Gasteiger partial charge in [-0.3, -0.25) is 10.1 Å². The third-order valence-electron chi connectivity index (χ3n) is 4.75. The van der Waals surface area contributed by atoms with E-state index < -0.39 is 5.97 Å². The maximum atomic E-state index is 12.6. The highest BCUT2D eigenvalue weighted by molar-refractivity contribution is 7.80. The van der Waals surface area contributed by atoms with Gasteiger partial charge in [-0.2, -0.15) is 0 Å². The smallest absolute Gasteiger partial charge is 0.371 e. The minimum absolute atomic E-state index is 0.000210. The highest BCUT2D eigenvalue weighted by Gasteiger charge is 2.17. The molecule has 2 aromatic carbocycles. The minimum atomic E-state index is -1.15. The maximum Gasteiger partial charge on any atom is 0.371 e. The van der Waals surface area contributed by atoms with E-state index >= 15 is 0 Å². The number of amides is 1. The molecule has 0 saturated carbocycles. The third kappa shape index (κ3) is 5.38. The number of carboxylic acid groups (broad SMARTS) is 1. The van der Waals surface area contributed by atoms with Crippen LogP contribution in [-0.2, 0) is 5.41 Å². The van der Waals surface area contributed by atoms with Crippen LogP contribution in [0, 0.1) is 6.92 Å². The van der Waals surface area contributed by atoms with Gasteiger partial charge in [0.25, 0.3) is 5.91 Å². The number of anilines is 1. The van der Waals surface area contributed by atoms with Crippen molar-refractivity contribution in [2.75, 3.05) is 5.32 Å². The molecule has 31 heavy (non-hydrogen) atoms. The van der Waals surface area contributed by atoms with E-state index in [1.807, 2.05) is 31.2 Å². The molecule has 3 N–H and O–H groups in total. The van der Waals surface area contributed by atoms with Crippen LogP contribution in [0.2, 0.25) is 0 Å². The lowest BCUT2D eigenvalue weighted by molar-refractivity contribution is 0.0663. The number of thiocarbonyl (C=S) groups is 1. The summed E-state index contributed by atoms with van der Waals surface area (Å²) in [5.74, 6) is -1.24. The van der Waals surface area contributed by atoms with Crippen LogP contribution < -0.4 is 10.6 Å². The summed E-state index contributed by atoms with van der Waals surface area (Å²) < 4.78 is 5.41. The Labute approximate surface area is 186 Å². The van der Waals surface area contributed by atoms with Crippen molar-refractivity contribution in [3.8, 4) is 11.3 Å². The first-order chi connectivity index (χ1) is 14.5. The molecule has 0 bridgehead atoms. The molecule has 0 saturated heterocycles. The number of aromatic carboxylic acids is 1. The van der Waals surface area contributed by atoms with E-state index in [1.165, 1.54) is 6.07 Å². The number of aryl methyl sites for hydroxylation is 1. The monoisotopic (exact) mass is 436 g/mol. The number of hydrogen-bond acceptors (Lipinski definition) is 4. The fourth-order valence-electron chi connectivity index (χ4n) is 3.02. The highest BCUT2D eigenvalue weighted by Crippen LogP contribution is 2.30. The molecule has 3 aromatic rings. The molecule has 0 unspecified atom stereocenters. The van der Waals surface area contributed by atoms with E-state index in [0.29, 0.717) is 22.6 Å². The van der Waals surface area contributed by atoms with E-state index in [2.05, 4.69) is 31.4 Å². The lowest BCUT2D eigenvalue weighted by atomic mass is 9.87. The summed E-state index contributed by atoms with van der Waals surface area (Å²) in [4.78, 5) is 23.7. The van der Waals surface area contributed by atoms with Crippen molar-refractivity contribution in [3.05, 3.63) is 77.0 Å². The Hall–Kier alpha value is -3.45. The highest BCUT2D eigenvalue weighted by atomic mass is 32.1. The van der Waals surface area contributed by atoms with Gasteiger partial charge in [-0.15, -0.1) is 0 Å². The number of carbonyl (C=O) groups excluding carboxylic acids is 1. The van der Waals surface area contributed by atoms with Crippen molar-refractivity contribution >= 4 is 34.9 Å². The van der Waals surface area contributed by atoms with Crippen molar-refractivity contribution in [3.63, 3.8) is 0 Å². The number of furan rings is 1. The first kappa shape index (κ1) is 22.2. The van der Waals surface area contributed by atoms with Crippen molar-refractivity contribution in [2.24, 2.45) is 0 Å². The lowest BCUT2D eigenvalue weighted by Crippen LogP contribution is -2.34. The van der Waals surface area contributed by atoms with E-state index in [0.717, 1.165) is 11.1 Å². The third-order valence-corrected chi connectivity index (χ3v) is 4.95. The molecule has 0 aliphatic carbocycles. The molecular formula is C24H24N2O4S. The zero-order valence-corrected chi connectivity index (χ0v) is 18.6. The van der Waals surface area contributed by atoms with Crippen LogP contribution in [0.4, 0.5) is 5.69 Å². The predicted octanol–water partition coefficient (Wildman–Crippen LogP) is 5.38. The SMILES string of the molecule is Cc1ccc(-c2ccc(C(=O)O)o2)c(NC(=S)NC(=O)c2ccc(C(C)(C)C)cc2)c1. The van der Waals surface area contributed by atoms with Gasteiger partial charge in [-0.1, -0.05) is 39.0 Å². The average Bonchev–Trinajstić information content (AvgIpc) is 3.17. The number of carboxylic acids is 1. The summed E-state index contributed by atoms with van der Waals surface area (Å²) in [6.07, 6.45) is 0. The van der Waals surface area contributed by atoms with Gasteiger partial charge in [-0.25, -0.2) is 4.79 Å². The topological polar surface area (TPSA) is 91.6 Å². The van der Waals surface area contributed by atoms with Crippen LogP contribution in [0.25, 0.3) is 11.3 Å². The predicted molar refractivity (Wildman–Crippen MR) is 125 cm³/mol. The standard InChI is InChI=1S/C24H24N2O4S/c1-14-5-10-17(19-11-12-20(30-19)22(28)29)18(13-14)25-23(31)26-21(27)15-6-8-16(9-7-15)24(2,3)4/h5-13H,1-4H3,(H,28,29)(H2,25,26,27,31). The first-order valence-corrected chi connectivity index (χ1v) is 10.1. The van der Waals surface area contributed by atoms with Crippen LogP contribution in [-0.4, -0.2) is 22.1 Å². The molecule has 0 aliphatic heterocycles. The molecule has 3 rings (SSSR count). The first-order valence-electron chi connectivity index (χ1n) is 9.71. The molecule has 6 nitrogen and oxygen atoms in total. The molecule has 0 radical (unpaired) electrons. The Kier molecular flexibility index (Phi) is 6.27. The Bertz CT molecular complexity index is 1140. The van der Waals surface area contributed by atoms with Gasteiger partial charge in [0.05, 0.1) is 5.69 Å². The lowest BCUT2D eigenvalue weighted by Gasteiger charge is -2.19. The average molecular weight is 437 g/mol. The molecule has 0 spiro atoms. The molecular weight excluding hydrogens is 412 g/mol. The molecule has 160 valence electrons.